The van der Waals surface area contributed by atoms with Crippen molar-refractivity contribution in [2.75, 3.05) is 13.1 Å². The zero-order chi connectivity index (χ0) is 18.9. The van der Waals surface area contributed by atoms with Crippen LogP contribution < -0.4 is 4.74 Å². The number of likely N-dealkylation sites (tertiary alicyclic amines) is 1. The maximum atomic E-state index is 12.8. The third kappa shape index (κ3) is 3.13. The standard InChI is InChI=1S/C22H19N3O3/c26-21(16-7-9-17(10-8-16)24-12-3-4-13-24)25-14-11-18(15-25)27-22-23-19-5-1-2-6-20(19)28-22/h1-10,12-13,18H,11,14-15H2. The summed E-state index contributed by atoms with van der Waals surface area (Å²) in [5.74, 6) is 0.0164. The number of fused-ring (bicyclic) bond motifs is 1. The summed E-state index contributed by atoms with van der Waals surface area (Å²) in [5, 5.41) is 0. The van der Waals surface area contributed by atoms with Gasteiger partial charge in [0.1, 0.15) is 11.6 Å². The molecule has 140 valence electrons. The van der Waals surface area contributed by atoms with Crippen molar-refractivity contribution in [3.05, 3.63) is 78.6 Å². The highest BCUT2D eigenvalue weighted by molar-refractivity contribution is 5.94. The van der Waals surface area contributed by atoms with Gasteiger partial charge in [-0.1, -0.05) is 12.1 Å². The van der Waals surface area contributed by atoms with Gasteiger partial charge in [-0.25, -0.2) is 0 Å². The van der Waals surface area contributed by atoms with Crippen molar-refractivity contribution in [2.45, 2.75) is 12.5 Å². The van der Waals surface area contributed by atoms with Crippen molar-refractivity contribution in [3.8, 4) is 11.8 Å². The molecule has 0 radical (unpaired) electrons. The van der Waals surface area contributed by atoms with E-state index in [-0.39, 0.29) is 18.1 Å². The van der Waals surface area contributed by atoms with Crippen LogP contribution in [0.15, 0.2) is 77.5 Å². The molecule has 1 saturated heterocycles. The molecule has 28 heavy (non-hydrogen) atoms. The molecule has 1 aliphatic rings. The fourth-order valence-corrected chi connectivity index (χ4v) is 3.52. The molecule has 1 amide bonds. The Balaban J connectivity index is 1.24. The van der Waals surface area contributed by atoms with Crippen LogP contribution in [0.25, 0.3) is 16.8 Å². The van der Waals surface area contributed by atoms with Gasteiger partial charge in [-0.05, 0) is 48.5 Å². The first-order valence-corrected chi connectivity index (χ1v) is 9.31. The molecule has 4 aromatic rings. The minimum Gasteiger partial charge on any atom is -0.445 e. The molecule has 1 fully saturated rings. The smallest absolute Gasteiger partial charge is 0.394 e. The molecule has 2 aromatic heterocycles. The van der Waals surface area contributed by atoms with E-state index in [0.717, 1.165) is 17.6 Å². The minimum absolute atomic E-state index is 0.0164. The van der Waals surface area contributed by atoms with Crippen molar-refractivity contribution in [1.82, 2.24) is 14.5 Å². The summed E-state index contributed by atoms with van der Waals surface area (Å²) in [6.45, 7) is 1.18. The maximum absolute atomic E-state index is 12.8. The number of oxazole rings is 1. The van der Waals surface area contributed by atoms with Crippen molar-refractivity contribution in [3.63, 3.8) is 0 Å². The number of carbonyl (C=O) groups excluding carboxylic acids is 1. The molecule has 6 nitrogen and oxygen atoms in total. The highest BCUT2D eigenvalue weighted by atomic mass is 16.6. The Morgan fingerprint density at radius 2 is 1.82 bits per heavy atom. The lowest BCUT2D eigenvalue weighted by atomic mass is 10.2. The van der Waals surface area contributed by atoms with E-state index in [1.165, 1.54) is 0 Å². The lowest BCUT2D eigenvalue weighted by molar-refractivity contribution is 0.0762. The monoisotopic (exact) mass is 373 g/mol. The van der Waals surface area contributed by atoms with Crippen molar-refractivity contribution < 1.29 is 13.9 Å². The first-order valence-electron chi connectivity index (χ1n) is 9.31. The number of nitrogens with zero attached hydrogens (tertiary/aromatic N) is 3. The van der Waals surface area contributed by atoms with E-state index in [4.69, 9.17) is 9.15 Å². The lowest BCUT2D eigenvalue weighted by Gasteiger charge is -2.16. The van der Waals surface area contributed by atoms with Crippen LogP contribution >= 0.6 is 0 Å². The third-order valence-electron chi connectivity index (χ3n) is 4.99. The summed E-state index contributed by atoms with van der Waals surface area (Å²) in [6.07, 6.45) is 4.86. The first-order chi connectivity index (χ1) is 13.8. The summed E-state index contributed by atoms with van der Waals surface area (Å²) < 4.78 is 13.5. The zero-order valence-corrected chi connectivity index (χ0v) is 15.2. The van der Waals surface area contributed by atoms with Gasteiger partial charge in [0.15, 0.2) is 5.58 Å². The second-order valence-electron chi connectivity index (χ2n) is 6.86. The van der Waals surface area contributed by atoms with Crippen molar-refractivity contribution in [2.24, 2.45) is 0 Å². The van der Waals surface area contributed by atoms with Crippen molar-refractivity contribution >= 4 is 17.0 Å². The van der Waals surface area contributed by atoms with Crippen LogP contribution in [0.1, 0.15) is 16.8 Å². The Bertz CT molecular complexity index is 1070. The Morgan fingerprint density at radius 3 is 2.61 bits per heavy atom. The van der Waals surface area contributed by atoms with Crippen LogP contribution in [0.3, 0.4) is 0 Å². The quantitative estimate of drug-likeness (QED) is 0.544. The fraction of sp³-hybridized carbons (Fsp3) is 0.182. The molecule has 1 aliphatic heterocycles. The highest BCUT2D eigenvalue weighted by Gasteiger charge is 2.29. The fourth-order valence-electron chi connectivity index (χ4n) is 3.52. The van der Waals surface area contributed by atoms with Gasteiger partial charge in [0.25, 0.3) is 5.91 Å². The Kier molecular flexibility index (Phi) is 4.09. The van der Waals surface area contributed by atoms with E-state index in [9.17, 15) is 4.79 Å². The first kappa shape index (κ1) is 16.6. The third-order valence-corrected chi connectivity index (χ3v) is 4.99. The van der Waals surface area contributed by atoms with Crippen LogP contribution in [0.2, 0.25) is 0 Å². The highest BCUT2D eigenvalue weighted by Crippen LogP contribution is 2.24. The van der Waals surface area contributed by atoms with E-state index in [0.29, 0.717) is 24.2 Å². The molecular formula is C22H19N3O3. The molecule has 2 aromatic carbocycles. The average Bonchev–Trinajstić information content (AvgIpc) is 3.48. The van der Waals surface area contributed by atoms with Gasteiger partial charge in [0.2, 0.25) is 0 Å². The molecule has 6 heteroatoms. The summed E-state index contributed by atoms with van der Waals surface area (Å²) in [6, 6.07) is 19.1. The second kappa shape index (κ2) is 6.88. The van der Waals surface area contributed by atoms with Gasteiger partial charge in [0, 0.05) is 36.6 Å². The molecular weight excluding hydrogens is 354 g/mol. The van der Waals surface area contributed by atoms with Crippen molar-refractivity contribution in [1.29, 1.82) is 0 Å². The lowest BCUT2D eigenvalue weighted by Crippen LogP contribution is -2.30. The predicted octanol–water partition coefficient (Wildman–Crippen LogP) is 3.91. The number of benzene rings is 2. The van der Waals surface area contributed by atoms with E-state index < -0.39 is 0 Å². The molecule has 1 atom stereocenters. The SMILES string of the molecule is O=C(c1ccc(-n2cccc2)cc1)N1CCC(Oc2nc3ccccc3o2)C1. The second-order valence-corrected chi connectivity index (χ2v) is 6.86. The van der Waals surface area contributed by atoms with Crippen LogP contribution in [-0.4, -0.2) is 39.6 Å². The molecule has 0 N–H and O–H groups in total. The number of ether oxygens (including phenoxy) is 1. The molecule has 5 rings (SSSR count). The van der Waals surface area contributed by atoms with Gasteiger partial charge in [-0.3, -0.25) is 4.79 Å². The van der Waals surface area contributed by atoms with Gasteiger partial charge >= 0.3 is 6.08 Å². The largest absolute Gasteiger partial charge is 0.445 e. The molecule has 1 unspecified atom stereocenters. The Hall–Kier alpha value is -3.54. The molecule has 3 heterocycles. The number of aromatic nitrogens is 2. The number of carbonyl (C=O) groups is 1. The van der Waals surface area contributed by atoms with E-state index in [1.807, 2.05) is 82.5 Å². The molecule has 0 saturated carbocycles. The molecule has 0 aliphatic carbocycles. The maximum Gasteiger partial charge on any atom is 0.394 e. The van der Waals surface area contributed by atoms with Crippen LogP contribution in [0.5, 0.6) is 6.08 Å². The molecule has 0 spiro atoms. The van der Waals surface area contributed by atoms with E-state index in [2.05, 4.69) is 4.98 Å². The number of hydrogen-bond acceptors (Lipinski definition) is 4. The number of amides is 1. The predicted molar refractivity (Wildman–Crippen MR) is 105 cm³/mol. The van der Waals surface area contributed by atoms with Gasteiger partial charge < -0.3 is 18.6 Å². The zero-order valence-electron chi connectivity index (χ0n) is 15.2. The Labute approximate surface area is 162 Å². The van der Waals surface area contributed by atoms with Crippen LogP contribution in [0.4, 0.5) is 0 Å². The average molecular weight is 373 g/mol. The van der Waals surface area contributed by atoms with E-state index in [1.54, 1.807) is 0 Å². The van der Waals surface area contributed by atoms with Gasteiger partial charge in [0.05, 0.1) is 6.54 Å². The minimum atomic E-state index is -0.115. The number of hydrogen-bond donors (Lipinski definition) is 0. The summed E-state index contributed by atoms with van der Waals surface area (Å²) in [7, 11) is 0. The normalized spacial score (nSPS) is 16.6. The molecule has 0 bridgehead atoms. The summed E-state index contributed by atoms with van der Waals surface area (Å²) in [4.78, 5) is 19.0. The summed E-state index contributed by atoms with van der Waals surface area (Å²) in [5.41, 5.74) is 3.18. The summed E-state index contributed by atoms with van der Waals surface area (Å²) >= 11 is 0. The number of para-hydroxylation sites is 2. The van der Waals surface area contributed by atoms with Crippen LogP contribution in [-0.2, 0) is 0 Å². The van der Waals surface area contributed by atoms with Gasteiger partial charge in [-0.15, -0.1) is 0 Å². The Morgan fingerprint density at radius 1 is 1.04 bits per heavy atom. The van der Waals surface area contributed by atoms with E-state index >= 15 is 0 Å². The number of rotatable bonds is 4. The topological polar surface area (TPSA) is 60.5 Å². The van der Waals surface area contributed by atoms with Crippen LogP contribution in [0, 0.1) is 0 Å². The van der Waals surface area contributed by atoms with Gasteiger partial charge in [-0.2, -0.15) is 4.98 Å².